The smallest absolute Gasteiger partial charge is 0.297 e. The SMILES string of the molecule is CC(C)N1[C@H](C)[C@H]1C(=O)[C]1[CH][CH][CH][CH]1.[CH]1[CH][CH][CH][CH]1.[Fe+2]. The predicted molar refractivity (Wildman–Crippen MR) is 77.2 cm³/mol. The van der Waals surface area contributed by atoms with Crippen LogP contribution in [0.4, 0.5) is 0 Å². The number of carbonyl (C=O) groups excluding carboxylic acids is 1. The van der Waals surface area contributed by atoms with Crippen LogP contribution in [-0.2, 0) is 21.9 Å². The van der Waals surface area contributed by atoms with E-state index in [9.17, 15) is 4.79 Å². The molecule has 0 aromatic rings. The van der Waals surface area contributed by atoms with Crippen molar-refractivity contribution in [3.63, 3.8) is 0 Å². The van der Waals surface area contributed by atoms with E-state index in [1.807, 2.05) is 57.8 Å². The van der Waals surface area contributed by atoms with Gasteiger partial charge in [-0.1, -0.05) is 0 Å². The van der Waals surface area contributed by atoms with E-state index in [0.29, 0.717) is 12.1 Å². The van der Waals surface area contributed by atoms with Gasteiger partial charge in [0, 0.05) is 12.1 Å². The van der Waals surface area contributed by atoms with Crippen LogP contribution in [0.1, 0.15) is 20.8 Å². The minimum atomic E-state index is 0. The van der Waals surface area contributed by atoms with Gasteiger partial charge in [-0.05, 0) is 78.6 Å². The number of rotatable bonds is 3. The third-order valence-corrected chi connectivity index (χ3v) is 3.53. The Labute approximate surface area is 135 Å². The van der Waals surface area contributed by atoms with Crippen LogP contribution in [0, 0.1) is 63.7 Å². The first-order valence-electron chi connectivity index (χ1n) is 6.83. The van der Waals surface area contributed by atoms with Crippen LogP contribution in [-0.4, -0.2) is 28.8 Å². The average Bonchev–Trinajstić information content (AvgIpc) is 2.93. The topological polar surface area (TPSA) is 20.1 Å². The molecule has 0 aromatic carbocycles. The van der Waals surface area contributed by atoms with E-state index in [0.717, 1.165) is 5.92 Å². The monoisotopic (exact) mass is 311 g/mol. The summed E-state index contributed by atoms with van der Waals surface area (Å²) in [6.45, 7) is 6.38. The van der Waals surface area contributed by atoms with Crippen molar-refractivity contribution in [2.24, 2.45) is 0 Å². The van der Waals surface area contributed by atoms with E-state index in [2.05, 4.69) is 25.7 Å². The summed E-state index contributed by atoms with van der Waals surface area (Å²) in [5.74, 6) is 1.13. The minimum absolute atomic E-state index is 0. The summed E-state index contributed by atoms with van der Waals surface area (Å²) < 4.78 is 0. The molecule has 1 saturated heterocycles. The van der Waals surface area contributed by atoms with Gasteiger partial charge in [-0.2, -0.15) is 0 Å². The van der Waals surface area contributed by atoms with Crippen LogP contribution in [0.2, 0.25) is 0 Å². The summed E-state index contributed by atoms with van der Waals surface area (Å²) in [6, 6.07) is 1.00. The molecule has 0 amide bonds. The van der Waals surface area contributed by atoms with Crippen molar-refractivity contribution < 1.29 is 21.9 Å². The van der Waals surface area contributed by atoms with Gasteiger partial charge in [-0.25, -0.2) is 0 Å². The van der Waals surface area contributed by atoms with Crippen molar-refractivity contribution in [2.45, 2.75) is 38.9 Å². The van der Waals surface area contributed by atoms with Crippen LogP contribution < -0.4 is 0 Å². The Morgan fingerprint density at radius 3 is 1.80 bits per heavy atom. The summed E-state index contributed by atoms with van der Waals surface area (Å²) in [7, 11) is 0. The molecule has 0 N–H and O–H groups in total. The van der Waals surface area contributed by atoms with Crippen LogP contribution in [0.25, 0.3) is 0 Å². The van der Waals surface area contributed by atoms with Crippen molar-refractivity contribution in [2.75, 3.05) is 0 Å². The van der Waals surface area contributed by atoms with E-state index in [4.69, 9.17) is 0 Å². The maximum Gasteiger partial charge on any atom is 2.00 e. The Bertz CT molecular complexity index is 288. The van der Waals surface area contributed by atoms with Crippen molar-refractivity contribution in [1.82, 2.24) is 4.90 Å². The molecule has 0 bridgehead atoms. The van der Waals surface area contributed by atoms with Gasteiger partial charge < -0.3 is 0 Å². The van der Waals surface area contributed by atoms with Crippen LogP contribution in [0.15, 0.2) is 0 Å². The fraction of sp³-hybridized carbons (Fsp3) is 0.353. The molecule has 3 heteroatoms. The fourth-order valence-corrected chi connectivity index (χ4v) is 2.55. The molecule has 10 radical (unpaired) electrons. The maximum atomic E-state index is 12.0. The average molecular weight is 311 g/mol. The van der Waals surface area contributed by atoms with Gasteiger partial charge in [-0.15, -0.1) is 0 Å². The molecule has 1 aliphatic heterocycles. The molecule has 0 aromatic heterocycles. The number of nitrogens with zero attached hydrogens (tertiary/aromatic N) is 1. The van der Waals surface area contributed by atoms with Crippen molar-refractivity contribution >= 4 is 5.78 Å². The Hall–Kier alpha value is 0.149. The molecule has 2 aliphatic carbocycles. The molecular formula is C17H21FeNO+2. The van der Waals surface area contributed by atoms with Crippen LogP contribution >= 0.6 is 0 Å². The molecule has 2 saturated carbocycles. The van der Waals surface area contributed by atoms with Gasteiger partial charge in [0.1, 0.15) is 0 Å². The van der Waals surface area contributed by atoms with Gasteiger partial charge in [0.05, 0.1) is 12.0 Å². The summed E-state index contributed by atoms with van der Waals surface area (Å²) >= 11 is 0. The molecule has 3 rings (SSSR count). The van der Waals surface area contributed by atoms with E-state index in [1.165, 1.54) is 0 Å². The van der Waals surface area contributed by atoms with E-state index >= 15 is 0 Å². The van der Waals surface area contributed by atoms with E-state index in [1.54, 1.807) is 0 Å². The number of ketones is 1. The second-order valence-corrected chi connectivity index (χ2v) is 5.23. The van der Waals surface area contributed by atoms with Crippen molar-refractivity contribution in [3.05, 3.63) is 63.7 Å². The fourth-order valence-electron chi connectivity index (χ4n) is 2.55. The summed E-state index contributed by atoms with van der Waals surface area (Å²) in [5, 5.41) is 0. The second-order valence-electron chi connectivity index (χ2n) is 5.23. The van der Waals surface area contributed by atoms with Gasteiger partial charge in [0.15, 0.2) is 5.78 Å². The molecule has 106 valence electrons. The van der Waals surface area contributed by atoms with E-state index in [-0.39, 0.29) is 28.9 Å². The summed E-state index contributed by atoms with van der Waals surface area (Å²) in [4.78, 5) is 14.2. The first kappa shape index (κ1) is 18.2. The molecule has 20 heavy (non-hydrogen) atoms. The zero-order valence-corrected chi connectivity index (χ0v) is 13.2. The number of Topliss-reactive ketones (excluding diaryl/α,β-unsaturated/α-hetero) is 1. The Morgan fingerprint density at radius 2 is 1.45 bits per heavy atom. The molecule has 3 atom stereocenters. The number of hydrogen-bond acceptors (Lipinski definition) is 2. The van der Waals surface area contributed by atoms with Gasteiger partial charge in [-0.3, -0.25) is 9.69 Å². The molecular weight excluding hydrogens is 290 g/mol. The first-order valence-corrected chi connectivity index (χ1v) is 6.83. The first-order chi connectivity index (χ1) is 9.13. The second kappa shape index (κ2) is 8.56. The number of carbonyl (C=O) groups is 1. The molecule has 1 heterocycles. The van der Waals surface area contributed by atoms with Gasteiger partial charge in [0.25, 0.3) is 0 Å². The molecule has 2 nitrogen and oxygen atoms in total. The van der Waals surface area contributed by atoms with Gasteiger partial charge in [0.2, 0.25) is 0 Å². The standard InChI is InChI=1S/C12H16NO.C5H5.Fe/c1-8(2)13-9(3)11(13)12(14)10-6-4-5-7-10;1-2-4-5-3-1;/h4-9,11H,1-3H3;1-5H;/q;;+2/t9-,11+,13?;;/m1../s1. The quantitative estimate of drug-likeness (QED) is 0.589. The summed E-state index contributed by atoms with van der Waals surface area (Å²) in [6.07, 6.45) is 17.6. The molecule has 1 unspecified atom stereocenters. The zero-order valence-electron chi connectivity index (χ0n) is 12.1. The summed E-state index contributed by atoms with van der Waals surface area (Å²) in [5.41, 5.74) is 0. The third-order valence-electron chi connectivity index (χ3n) is 3.53. The molecule has 3 aliphatic rings. The Balaban J connectivity index is 0.000000283. The van der Waals surface area contributed by atoms with Crippen molar-refractivity contribution in [3.8, 4) is 0 Å². The van der Waals surface area contributed by atoms with Crippen LogP contribution in [0.5, 0.6) is 0 Å². The minimum Gasteiger partial charge on any atom is -0.297 e. The maximum absolute atomic E-state index is 12.0. The molecule has 3 fully saturated rings. The Kier molecular flexibility index (Phi) is 7.79. The predicted octanol–water partition coefficient (Wildman–Crippen LogP) is 2.46. The molecule has 0 spiro atoms. The van der Waals surface area contributed by atoms with Gasteiger partial charge >= 0.3 is 17.1 Å². The number of hydrogen-bond donors (Lipinski definition) is 0. The van der Waals surface area contributed by atoms with Crippen molar-refractivity contribution in [1.29, 1.82) is 0 Å². The normalized spacial score (nSPS) is 32.5. The van der Waals surface area contributed by atoms with E-state index < -0.39 is 0 Å². The third kappa shape index (κ3) is 4.58. The Morgan fingerprint density at radius 1 is 1.00 bits per heavy atom. The zero-order chi connectivity index (χ0) is 13.8. The van der Waals surface area contributed by atoms with Crippen LogP contribution in [0.3, 0.4) is 0 Å². The largest absolute Gasteiger partial charge is 2.00 e.